The number of fused-ring (bicyclic) bond motifs is 1. The van der Waals surface area contributed by atoms with Gasteiger partial charge in [0.15, 0.2) is 6.61 Å². The molecule has 3 rings (SSSR count). The summed E-state index contributed by atoms with van der Waals surface area (Å²) in [6.45, 7) is 8.40. The van der Waals surface area contributed by atoms with Crippen LogP contribution < -0.4 is 15.0 Å². The van der Waals surface area contributed by atoms with Crippen molar-refractivity contribution in [1.82, 2.24) is 15.5 Å². The number of rotatable bonds is 4. The van der Waals surface area contributed by atoms with E-state index in [0.717, 1.165) is 17.0 Å². The second-order valence-corrected chi connectivity index (χ2v) is 7.54. The molecule has 2 amide bonds. The van der Waals surface area contributed by atoms with E-state index < -0.39 is 0 Å². The van der Waals surface area contributed by atoms with Crippen LogP contribution in [0.25, 0.3) is 0 Å². The molecule has 0 spiro atoms. The van der Waals surface area contributed by atoms with Crippen molar-refractivity contribution in [3.8, 4) is 5.75 Å². The predicted octanol–water partition coefficient (Wildman–Crippen LogP) is 2.06. The number of amides is 2. The summed E-state index contributed by atoms with van der Waals surface area (Å²) < 4.78 is 5.43. The molecular weight excluding hydrogens is 332 g/mol. The first-order valence-corrected chi connectivity index (χ1v) is 8.59. The zero-order chi connectivity index (χ0) is 18.9. The van der Waals surface area contributed by atoms with E-state index >= 15 is 0 Å². The lowest BCUT2D eigenvalue weighted by Gasteiger charge is -2.29. The zero-order valence-corrected chi connectivity index (χ0v) is 15.5. The Morgan fingerprint density at radius 1 is 1.35 bits per heavy atom. The number of carbonyl (C=O) groups is 2. The summed E-state index contributed by atoms with van der Waals surface area (Å²) in [7, 11) is 0. The summed E-state index contributed by atoms with van der Waals surface area (Å²) in [4.78, 5) is 26.0. The second-order valence-electron chi connectivity index (χ2n) is 7.54. The molecule has 0 saturated carbocycles. The van der Waals surface area contributed by atoms with Crippen LogP contribution in [0.15, 0.2) is 24.3 Å². The van der Waals surface area contributed by atoms with Crippen molar-refractivity contribution in [3.63, 3.8) is 0 Å². The van der Waals surface area contributed by atoms with Crippen molar-refractivity contribution in [2.45, 2.75) is 39.7 Å². The van der Waals surface area contributed by atoms with Crippen LogP contribution in [0, 0.1) is 6.92 Å². The van der Waals surface area contributed by atoms with Gasteiger partial charge in [0.2, 0.25) is 5.91 Å². The van der Waals surface area contributed by atoms with Crippen molar-refractivity contribution in [1.29, 1.82) is 0 Å². The number of hydrogen-bond donors (Lipinski definition) is 2. The van der Waals surface area contributed by atoms with Crippen LogP contribution >= 0.6 is 0 Å². The van der Waals surface area contributed by atoms with Gasteiger partial charge in [0.1, 0.15) is 12.3 Å². The number of hydrogen-bond acceptors (Lipinski definition) is 4. The van der Waals surface area contributed by atoms with Gasteiger partial charge in [-0.3, -0.25) is 19.6 Å². The van der Waals surface area contributed by atoms with Crippen LogP contribution in [0.4, 0.5) is 5.69 Å². The maximum atomic E-state index is 12.3. The standard InChI is InChI=1S/C19H24N4O3/c1-12-5-6-15-14(7-12)23(18(25)11-26-15)10-17(24)20-9-13-8-16(22-21-13)19(2,3)4/h5-8H,9-11H2,1-4H3,(H,20,24)(H,21,22). The van der Waals surface area contributed by atoms with Crippen LogP contribution in [0.3, 0.4) is 0 Å². The van der Waals surface area contributed by atoms with Gasteiger partial charge in [0, 0.05) is 5.41 Å². The van der Waals surface area contributed by atoms with E-state index in [1.807, 2.05) is 31.2 Å². The van der Waals surface area contributed by atoms with Gasteiger partial charge in [0.25, 0.3) is 5.91 Å². The number of H-pyrrole nitrogens is 1. The van der Waals surface area contributed by atoms with Crippen molar-refractivity contribution >= 4 is 17.5 Å². The molecule has 2 heterocycles. The number of aromatic amines is 1. The lowest BCUT2D eigenvalue weighted by atomic mass is 9.92. The fourth-order valence-corrected chi connectivity index (χ4v) is 2.72. The molecule has 2 aromatic rings. The Labute approximate surface area is 152 Å². The fraction of sp³-hybridized carbons (Fsp3) is 0.421. The number of aromatic nitrogens is 2. The molecule has 138 valence electrons. The highest BCUT2D eigenvalue weighted by atomic mass is 16.5. The maximum Gasteiger partial charge on any atom is 0.265 e. The van der Waals surface area contributed by atoms with E-state index in [-0.39, 0.29) is 30.4 Å². The molecule has 7 heteroatoms. The van der Waals surface area contributed by atoms with Crippen LogP contribution in [0.1, 0.15) is 37.7 Å². The third-order valence-corrected chi connectivity index (χ3v) is 4.23. The number of benzene rings is 1. The highest BCUT2D eigenvalue weighted by Crippen LogP contribution is 2.32. The lowest BCUT2D eigenvalue weighted by Crippen LogP contribution is -2.45. The Balaban J connectivity index is 1.64. The Bertz CT molecular complexity index is 836. The minimum Gasteiger partial charge on any atom is -0.482 e. The van der Waals surface area contributed by atoms with Gasteiger partial charge >= 0.3 is 0 Å². The Morgan fingerprint density at radius 2 is 2.12 bits per heavy atom. The van der Waals surface area contributed by atoms with Crippen LogP contribution in [0.5, 0.6) is 5.75 Å². The van der Waals surface area contributed by atoms with Crippen LogP contribution in [0.2, 0.25) is 0 Å². The number of carbonyl (C=O) groups excluding carboxylic acids is 2. The molecule has 26 heavy (non-hydrogen) atoms. The molecule has 0 radical (unpaired) electrons. The van der Waals surface area contributed by atoms with Gasteiger partial charge in [-0.2, -0.15) is 5.10 Å². The average Bonchev–Trinajstić information content (AvgIpc) is 3.05. The number of ether oxygens (including phenoxy) is 1. The summed E-state index contributed by atoms with van der Waals surface area (Å²) in [6.07, 6.45) is 0. The normalized spacial score (nSPS) is 14.0. The molecule has 1 aliphatic rings. The van der Waals surface area contributed by atoms with Gasteiger partial charge in [-0.15, -0.1) is 0 Å². The molecule has 1 aromatic carbocycles. The van der Waals surface area contributed by atoms with Gasteiger partial charge < -0.3 is 10.1 Å². The molecule has 0 aliphatic carbocycles. The third kappa shape index (κ3) is 3.87. The van der Waals surface area contributed by atoms with Crippen molar-refractivity contribution in [2.24, 2.45) is 0 Å². The molecule has 7 nitrogen and oxygen atoms in total. The Kier molecular flexibility index (Phi) is 4.71. The minimum atomic E-state index is -0.236. The maximum absolute atomic E-state index is 12.3. The highest BCUT2D eigenvalue weighted by molar-refractivity contribution is 6.02. The van der Waals surface area contributed by atoms with Gasteiger partial charge in [0.05, 0.1) is 23.6 Å². The van der Waals surface area contributed by atoms with Gasteiger partial charge in [-0.05, 0) is 30.7 Å². The first-order valence-electron chi connectivity index (χ1n) is 8.59. The Hall–Kier alpha value is -2.83. The monoisotopic (exact) mass is 356 g/mol. The summed E-state index contributed by atoms with van der Waals surface area (Å²) >= 11 is 0. The molecule has 1 aliphatic heterocycles. The lowest BCUT2D eigenvalue weighted by molar-refractivity contribution is -0.125. The van der Waals surface area contributed by atoms with Gasteiger partial charge in [-0.1, -0.05) is 26.8 Å². The van der Waals surface area contributed by atoms with E-state index in [1.54, 1.807) is 0 Å². The first-order chi connectivity index (χ1) is 12.2. The van der Waals surface area contributed by atoms with E-state index in [2.05, 4.69) is 36.3 Å². The Morgan fingerprint density at radius 3 is 2.81 bits per heavy atom. The van der Waals surface area contributed by atoms with Crippen molar-refractivity contribution in [2.75, 3.05) is 18.1 Å². The topological polar surface area (TPSA) is 87.3 Å². The van der Waals surface area contributed by atoms with Crippen LogP contribution in [-0.2, 0) is 21.5 Å². The molecule has 1 aromatic heterocycles. The zero-order valence-electron chi connectivity index (χ0n) is 15.5. The van der Waals surface area contributed by atoms with Crippen molar-refractivity contribution < 1.29 is 14.3 Å². The minimum absolute atomic E-state index is 0.0427. The summed E-state index contributed by atoms with van der Waals surface area (Å²) in [6, 6.07) is 7.53. The number of aryl methyl sites for hydroxylation is 1. The highest BCUT2D eigenvalue weighted by Gasteiger charge is 2.27. The first kappa shape index (κ1) is 18.0. The average molecular weight is 356 g/mol. The summed E-state index contributed by atoms with van der Waals surface area (Å²) in [5.74, 6) is 0.154. The molecule has 0 bridgehead atoms. The number of anilines is 1. The largest absolute Gasteiger partial charge is 0.482 e. The van der Waals surface area contributed by atoms with Gasteiger partial charge in [-0.25, -0.2) is 0 Å². The van der Waals surface area contributed by atoms with E-state index in [4.69, 9.17) is 4.74 Å². The molecule has 0 atom stereocenters. The quantitative estimate of drug-likeness (QED) is 0.878. The predicted molar refractivity (Wildman–Crippen MR) is 98.2 cm³/mol. The number of nitrogens with zero attached hydrogens (tertiary/aromatic N) is 2. The van der Waals surface area contributed by atoms with Crippen molar-refractivity contribution in [3.05, 3.63) is 41.2 Å². The molecule has 0 fully saturated rings. The summed E-state index contributed by atoms with van der Waals surface area (Å²) in [5.41, 5.74) is 3.34. The molecule has 0 unspecified atom stereocenters. The second kappa shape index (κ2) is 6.82. The smallest absolute Gasteiger partial charge is 0.265 e. The molecular formula is C19H24N4O3. The SMILES string of the molecule is Cc1ccc2c(c1)N(CC(=O)NCc1cc(C(C)(C)C)n[nH]1)C(=O)CO2. The van der Waals surface area contributed by atoms with E-state index in [9.17, 15) is 9.59 Å². The molecule has 2 N–H and O–H groups in total. The number of nitrogens with one attached hydrogen (secondary N) is 2. The van der Waals surface area contributed by atoms with E-state index in [1.165, 1.54) is 4.90 Å². The third-order valence-electron chi connectivity index (χ3n) is 4.23. The van der Waals surface area contributed by atoms with E-state index in [0.29, 0.717) is 18.0 Å². The van der Waals surface area contributed by atoms with Crippen LogP contribution in [-0.4, -0.2) is 35.2 Å². The molecule has 0 saturated heterocycles. The summed E-state index contributed by atoms with van der Waals surface area (Å²) in [5, 5.41) is 10.0. The fourth-order valence-electron chi connectivity index (χ4n) is 2.72.